The summed E-state index contributed by atoms with van der Waals surface area (Å²) in [5.74, 6) is -0.679. The van der Waals surface area contributed by atoms with Gasteiger partial charge in [-0.15, -0.1) is 0 Å². The second-order valence-corrected chi connectivity index (χ2v) is 6.34. The third kappa shape index (κ3) is 2.91. The van der Waals surface area contributed by atoms with Crippen molar-refractivity contribution >= 4 is 11.9 Å². The second-order valence-electron chi connectivity index (χ2n) is 6.34. The number of carboxylic acids is 1. The lowest BCUT2D eigenvalue weighted by Gasteiger charge is -2.34. The Bertz CT molecular complexity index is 618. The number of aryl methyl sites for hydroxylation is 2. The number of benzene rings is 1. The molecule has 1 aromatic rings. The van der Waals surface area contributed by atoms with Crippen LogP contribution in [0.4, 0.5) is 0 Å². The van der Waals surface area contributed by atoms with Gasteiger partial charge in [-0.25, -0.2) is 4.79 Å². The van der Waals surface area contributed by atoms with Gasteiger partial charge in [0.2, 0.25) is 0 Å². The van der Waals surface area contributed by atoms with Gasteiger partial charge in [-0.1, -0.05) is 6.07 Å². The van der Waals surface area contributed by atoms with E-state index in [0.717, 1.165) is 16.7 Å². The largest absolute Gasteiger partial charge is 0.480 e. The van der Waals surface area contributed by atoms with Crippen molar-refractivity contribution in [2.24, 2.45) is 0 Å². The average Bonchev–Trinajstić information content (AvgIpc) is 2.91. The molecule has 0 radical (unpaired) electrons. The number of carbonyl (C=O) groups is 2. The van der Waals surface area contributed by atoms with Crippen molar-refractivity contribution in [1.82, 2.24) is 5.32 Å². The molecule has 6 nitrogen and oxygen atoms in total. The zero-order valence-electron chi connectivity index (χ0n) is 13.3. The van der Waals surface area contributed by atoms with E-state index in [1.807, 2.05) is 26.0 Å². The molecule has 0 saturated carbocycles. The second kappa shape index (κ2) is 5.85. The molecule has 0 aromatic heterocycles. The molecule has 1 saturated heterocycles. The summed E-state index contributed by atoms with van der Waals surface area (Å²) < 4.78 is 10.9. The van der Waals surface area contributed by atoms with Gasteiger partial charge in [-0.2, -0.15) is 0 Å². The minimum Gasteiger partial charge on any atom is -0.480 e. The van der Waals surface area contributed by atoms with Crippen molar-refractivity contribution in [2.45, 2.75) is 44.8 Å². The van der Waals surface area contributed by atoms with Crippen LogP contribution in [0.2, 0.25) is 0 Å². The third-order valence-corrected chi connectivity index (χ3v) is 4.76. The molecule has 6 heteroatoms. The van der Waals surface area contributed by atoms with Crippen LogP contribution < -0.4 is 10.1 Å². The number of carboxylic acid groups (broad SMARTS) is 1. The maximum absolute atomic E-state index is 12.5. The van der Waals surface area contributed by atoms with E-state index in [0.29, 0.717) is 25.4 Å². The molecule has 3 rings (SSSR count). The summed E-state index contributed by atoms with van der Waals surface area (Å²) >= 11 is 0. The fourth-order valence-corrected chi connectivity index (χ4v) is 3.09. The van der Waals surface area contributed by atoms with Crippen LogP contribution in [-0.4, -0.2) is 41.8 Å². The van der Waals surface area contributed by atoms with E-state index in [1.165, 1.54) is 0 Å². The summed E-state index contributed by atoms with van der Waals surface area (Å²) in [6.45, 7) is 4.67. The minimum atomic E-state index is -1.25. The Hall–Kier alpha value is -2.08. The Morgan fingerprint density at radius 2 is 1.87 bits per heavy atom. The molecule has 1 aromatic carbocycles. The molecule has 2 aliphatic heterocycles. The van der Waals surface area contributed by atoms with Crippen LogP contribution in [0.3, 0.4) is 0 Å². The van der Waals surface area contributed by atoms with Crippen LogP contribution in [0.5, 0.6) is 5.75 Å². The molecule has 2 aliphatic rings. The minimum absolute atomic E-state index is 0.270. The molecule has 1 unspecified atom stereocenters. The highest BCUT2D eigenvalue weighted by Gasteiger charge is 2.44. The topological polar surface area (TPSA) is 84.9 Å². The van der Waals surface area contributed by atoms with Crippen LogP contribution in [0.25, 0.3) is 0 Å². The SMILES string of the molecule is Cc1cc2c(cc1C)OC(C(=O)NC1(C(=O)O)CCOCC1)C2. The summed E-state index contributed by atoms with van der Waals surface area (Å²) in [5, 5.41) is 12.2. The first-order valence-corrected chi connectivity index (χ1v) is 7.81. The molecule has 2 N–H and O–H groups in total. The maximum atomic E-state index is 12.5. The maximum Gasteiger partial charge on any atom is 0.329 e. The number of aliphatic carboxylic acids is 1. The van der Waals surface area contributed by atoms with Crippen LogP contribution in [0, 0.1) is 13.8 Å². The number of fused-ring (bicyclic) bond motifs is 1. The van der Waals surface area contributed by atoms with Gasteiger partial charge in [-0.05, 0) is 36.6 Å². The van der Waals surface area contributed by atoms with Gasteiger partial charge in [0.25, 0.3) is 5.91 Å². The van der Waals surface area contributed by atoms with E-state index in [4.69, 9.17) is 9.47 Å². The lowest BCUT2D eigenvalue weighted by Crippen LogP contribution is -2.59. The fraction of sp³-hybridized carbons (Fsp3) is 0.529. The zero-order chi connectivity index (χ0) is 16.6. The predicted octanol–water partition coefficient (Wildman–Crippen LogP) is 1.36. The van der Waals surface area contributed by atoms with Crippen molar-refractivity contribution in [3.63, 3.8) is 0 Å². The monoisotopic (exact) mass is 319 g/mol. The Kier molecular flexibility index (Phi) is 4.02. The molecular formula is C17H21NO5. The van der Waals surface area contributed by atoms with Gasteiger partial charge in [0.1, 0.15) is 11.3 Å². The van der Waals surface area contributed by atoms with Gasteiger partial charge in [0.15, 0.2) is 6.10 Å². The molecule has 0 spiro atoms. The Balaban J connectivity index is 1.73. The highest BCUT2D eigenvalue weighted by Crippen LogP contribution is 2.32. The van der Waals surface area contributed by atoms with E-state index in [-0.39, 0.29) is 18.7 Å². The van der Waals surface area contributed by atoms with E-state index in [1.54, 1.807) is 0 Å². The molecule has 0 aliphatic carbocycles. The van der Waals surface area contributed by atoms with Gasteiger partial charge in [-0.3, -0.25) is 4.79 Å². The fourth-order valence-electron chi connectivity index (χ4n) is 3.09. The quantitative estimate of drug-likeness (QED) is 0.878. The first-order valence-electron chi connectivity index (χ1n) is 7.81. The summed E-state index contributed by atoms with van der Waals surface area (Å²) in [5.41, 5.74) is 2.00. The molecule has 2 heterocycles. The van der Waals surface area contributed by atoms with Crippen molar-refractivity contribution in [2.75, 3.05) is 13.2 Å². The number of ether oxygens (including phenoxy) is 2. The summed E-state index contributed by atoms with van der Waals surface area (Å²) in [7, 11) is 0. The van der Waals surface area contributed by atoms with Crippen LogP contribution >= 0.6 is 0 Å². The zero-order valence-corrected chi connectivity index (χ0v) is 13.3. The van der Waals surface area contributed by atoms with Crippen molar-refractivity contribution in [1.29, 1.82) is 0 Å². The number of hydrogen-bond donors (Lipinski definition) is 2. The van der Waals surface area contributed by atoms with E-state index in [9.17, 15) is 14.7 Å². The first-order chi connectivity index (χ1) is 10.9. The molecule has 124 valence electrons. The molecule has 1 fully saturated rings. The number of rotatable bonds is 3. The Morgan fingerprint density at radius 3 is 2.52 bits per heavy atom. The predicted molar refractivity (Wildman–Crippen MR) is 82.6 cm³/mol. The van der Waals surface area contributed by atoms with Crippen LogP contribution in [-0.2, 0) is 20.7 Å². The number of amides is 1. The molecular weight excluding hydrogens is 298 g/mol. The van der Waals surface area contributed by atoms with E-state index in [2.05, 4.69) is 5.32 Å². The number of hydrogen-bond acceptors (Lipinski definition) is 4. The highest BCUT2D eigenvalue weighted by molar-refractivity contribution is 5.90. The summed E-state index contributed by atoms with van der Waals surface area (Å²) in [6, 6.07) is 3.96. The van der Waals surface area contributed by atoms with E-state index >= 15 is 0 Å². The van der Waals surface area contributed by atoms with Gasteiger partial charge < -0.3 is 19.9 Å². The molecule has 1 atom stereocenters. The normalized spacial score (nSPS) is 22.1. The van der Waals surface area contributed by atoms with Crippen molar-refractivity contribution in [3.8, 4) is 5.75 Å². The summed E-state index contributed by atoms with van der Waals surface area (Å²) in [6.07, 6.45) is 0.331. The third-order valence-electron chi connectivity index (χ3n) is 4.76. The highest BCUT2D eigenvalue weighted by atomic mass is 16.5. The molecule has 23 heavy (non-hydrogen) atoms. The number of carbonyl (C=O) groups excluding carboxylic acids is 1. The smallest absolute Gasteiger partial charge is 0.329 e. The lowest BCUT2D eigenvalue weighted by molar-refractivity contribution is -0.153. The van der Waals surface area contributed by atoms with Gasteiger partial charge >= 0.3 is 5.97 Å². The van der Waals surface area contributed by atoms with E-state index < -0.39 is 17.6 Å². The van der Waals surface area contributed by atoms with Gasteiger partial charge in [0.05, 0.1) is 0 Å². The van der Waals surface area contributed by atoms with Crippen molar-refractivity contribution in [3.05, 3.63) is 28.8 Å². The lowest BCUT2D eigenvalue weighted by atomic mass is 9.89. The molecule has 1 amide bonds. The van der Waals surface area contributed by atoms with Crippen LogP contribution in [0.1, 0.15) is 29.5 Å². The van der Waals surface area contributed by atoms with Crippen LogP contribution in [0.15, 0.2) is 12.1 Å². The standard InChI is InChI=1S/C17H21NO5/c1-10-7-12-9-14(23-13(12)8-11(10)2)15(19)18-17(16(20)21)3-5-22-6-4-17/h7-8,14H,3-6,9H2,1-2H3,(H,18,19)(H,20,21). The Labute approximate surface area is 134 Å². The molecule has 0 bridgehead atoms. The number of nitrogens with one attached hydrogen (secondary N) is 1. The first kappa shape index (κ1) is 15.8. The summed E-state index contributed by atoms with van der Waals surface area (Å²) in [4.78, 5) is 24.1. The van der Waals surface area contributed by atoms with Gasteiger partial charge in [0, 0.05) is 32.5 Å². The Morgan fingerprint density at radius 1 is 1.22 bits per heavy atom. The average molecular weight is 319 g/mol. The van der Waals surface area contributed by atoms with Crippen molar-refractivity contribution < 1.29 is 24.2 Å².